The molecule has 0 amide bonds. The van der Waals surface area contributed by atoms with E-state index in [1.807, 2.05) is 0 Å². The van der Waals surface area contributed by atoms with Crippen LogP contribution >= 0.6 is 0 Å². The maximum atomic E-state index is 12.8. The maximum Gasteiger partial charge on any atom is 0.241 e. The van der Waals surface area contributed by atoms with Crippen LogP contribution in [0.3, 0.4) is 0 Å². The van der Waals surface area contributed by atoms with E-state index in [-0.39, 0.29) is 5.92 Å². The molecule has 0 saturated carbocycles. The van der Waals surface area contributed by atoms with Crippen LogP contribution in [0, 0.1) is 11.8 Å². The smallest absolute Gasteiger partial charge is 0.210 e. The van der Waals surface area contributed by atoms with E-state index in [0.717, 1.165) is 25.7 Å². The predicted octanol–water partition coefficient (Wildman–Crippen LogP) is 6.44. The van der Waals surface area contributed by atoms with Crippen molar-refractivity contribution in [3.8, 4) is 0 Å². The van der Waals surface area contributed by atoms with Crippen LogP contribution < -0.4 is 0 Å². The van der Waals surface area contributed by atoms with Gasteiger partial charge in [-0.15, -0.1) is 0 Å². The molecule has 0 aromatic rings. The number of rotatable bonds is 12. The van der Waals surface area contributed by atoms with E-state index in [0.29, 0.717) is 0 Å². The number of hydrogen-bond donors (Lipinski definition) is 0. The van der Waals surface area contributed by atoms with E-state index >= 15 is 0 Å². The van der Waals surface area contributed by atoms with Crippen LogP contribution in [0.25, 0.3) is 0 Å². The average molecular weight is 262 g/mol. The van der Waals surface area contributed by atoms with Crippen molar-refractivity contribution < 1.29 is 8.78 Å². The molecule has 0 fully saturated rings. The number of alkyl halides is 2. The highest BCUT2D eigenvalue weighted by Crippen LogP contribution is 2.29. The van der Waals surface area contributed by atoms with Crippen molar-refractivity contribution in [2.75, 3.05) is 0 Å². The van der Waals surface area contributed by atoms with Crippen molar-refractivity contribution in [2.24, 2.45) is 11.8 Å². The summed E-state index contributed by atoms with van der Waals surface area (Å²) in [7, 11) is 0. The van der Waals surface area contributed by atoms with Gasteiger partial charge >= 0.3 is 0 Å². The lowest BCUT2D eigenvalue weighted by molar-refractivity contribution is 0.0466. The molecule has 0 spiro atoms. The third-order valence-corrected chi connectivity index (χ3v) is 4.00. The lowest BCUT2D eigenvalue weighted by atomic mass is 9.85. The van der Waals surface area contributed by atoms with Crippen LogP contribution in [-0.2, 0) is 0 Å². The van der Waals surface area contributed by atoms with E-state index in [4.69, 9.17) is 0 Å². The molecule has 0 aromatic carbocycles. The molecule has 110 valence electrons. The van der Waals surface area contributed by atoms with E-state index in [1.165, 1.54) is 38.5 Å². The Bertz CT molecular complexity index is 168. The molecule has 0 aliphatic rings. The van der Waals surface area contributed by atoms with Crippen molar-refractivity contribution in [3.05, 3.63) is 0 Å². The van der Waals surface area contributed by atoms with Crippen LogP contribution in [0.1, 0.15) is 85.0 Å². The molecule has 0 rings (SSSR count). The molecule has 0 radical (unpaired) electrons. The summed E-state index contributed by atoms with van der Waals surface area (Å²) >= 11 is 0. The van der Waals surface area contributed by atoms with Gasteiger partial charge in [-0.3, -0.25) is 0 Å². The molecule has 0 bridgehead atoms. The van der Waals surface area contributed by atoms with Crippen molar-refractivity contribution in [1.82, 2.24) is 0 Å². The van der Waals surface area contributed by atoms with Crippen LogP contribution in [0.15, 0.2) is 0 Å². The quantitative estimate of drug-likeness (QED) is 0.355. The Labute approximate surface area is 113 Å². The Morgan fingerprint density at radius 2 is 1.17 bits per heavy atom. The van der Waals surface area contributed by atoms with Gasteiger partial charge in [0.1, 0.15) is 0 Å². The van der Waals surface area contributed by atoms with Gasteiger partial charge in [-0.2, -0.15) is 0 Å². The average Bonchev–Trinajstić information content (AvgIpc) is 2.35. The second-order valence-corrected chi connectivity index (χ2v) is 5.65. The molecular formula is C16H32F2. The van der Waals surface area contributed by atoms with Crippen molar-refractivity contribution in [3.63, 3.8) is 0 Å². The largest absolute Gasteiger partial charge is 0.241 e. The molecule has 0 aliphatic heterocycles. The SMILES string of the molecule is CCCCCCCC(CCCCC)[C@H](C)C(F)F. The first-order valence-corrected chi connectivity index (χ1v) is 7.91. The molecule has 0 aliphatic carbocycles. The molecule has 0 N–H and O–H groups in total. The van der Waals surface area contributed by atoms with Gasteiger partial charge in [-0.05, 0) is 18.8 Å². The highest BCUT2D eigenvalue weighted by atomic mass is 19.3. The first-order valence-electron chi connectivity index (χ1n) is 7.91. The minimum atomic E-state index is -2.15. The van der Waals surface area contributed by atoms with E-state index in [9.17, 15) is 8.78 Å². The fourth-order valence-electron chi connectivity index (χ4n) is 2.54. The molecule has 0 aromatic heterocycles. The van der Waals surface area contributed by atoms with Gasteiger partial charge < -0.3 is 0 Å². The fourth-order valence-corrected chi connectivity index (χ4v) is 2.54. The molecule has 2 atom stereocenters. The molecular weight excluding hydrogens is 230 g/mol. The molecule has 0 nitrogen and oxygen atoms in total. The molecule has 0 saturated heterocycles. The summed E-state index contributed by atoms with van der Waals surface area (Å²) in [6, 6.07) is 0. The van der Waals surface area contributed by atoms with Crippen LogP contribution in [0.5, 0.6) is 0 Å². The minimum Gasteiger partial charge on any atom is -0.210 e. The summed E-state index contributed by atoms with van der Waals surface area (Å²) in [6.07, 6.45) is 9.46. The van der Waals surface area contributed by atoms with E-state index in [2.05, 4.69) is 13.8 Å². The summed E-state index contributed by atoms with van der Waals surface area (Å²) in [4.78, 5) is 0. The Hall–Kier alpha value is -0.140. The highest BCUT2D eigenvalue weighted by Gasteiger charge is 2.24. The standard InChI is InChI=1S/C16H32F2/c1-4-6-8-9-11-13-15(12-10-7-5-2)14(3)16(17)18/h14-16H,4-13H2,1-3H3/t14-,15?/m0/s1. The Kier molecular flexibility index (Phi) is 11.8. The topological polar surface area (TPSA) is 0 Å². The van der Waals surface area contributed by atoms with Crippen molar-refractivity contribution >= 4 is 0 Å². The lowest BCUT2D eigenvalue weighted by Crippen LogP contribution is -2.19. The number of hydrogen-bond acceptors (Lipinski definition) is 0. The Balaban J connectivity index is 3.88. The van der Waals surface area contributed by atoms with Gasteiger partial charge in [-0.25, -0.2) is 8.78 Å². The number of halogens is 2. The van der Waals surface area contributed by atoms with Gasteiger partial charge in [0.15, 0.2) is 0 Å². The zero-order valence-corrected chi connectivity index (χ0v) is 12.6. The van der Waals surface area contributed by atoms with Crippen molar-refractivity contribution in [2.45, 2.75) is 91.4 Å². The van der Waals surface area contributed by atoms with Gasteiger partial charge in [0.25, 0.3) is 0 Å². The first-order chi connectivity index (χ1) is 8.63. The van der Waals surface area contributed by atoms with Gasteiger partial charge in [-0.1, -0.05) is 72.1 Å². The Morgan fingerprint density at radius 1 is 0.722 bits per heavy atom. The summed E-state index contributed by atoms with van der Waals surface area (Å²) < 4.78 is 25.6. The molecule has 2 heteroatoms. The van der Waals surface area contributed by atoms with Gasteiger partial charge in [0.2, 0.25) is 6.43 Å². The molecule has 18 heavy (non-hydrogen) atoms. The summed E-state index contributed by atoms with van der Waals surface area (Å²) in [5.41, 5.74) is 0. The second kappa shape index (κ2) is 11.9. The summed E-state index contributed by atoms with van der Waals surface area (Å²) in [5, 5.41) is 0. The van der Waals surface area contributed by atoms with Crippen molar-refractivity contribution in [1.29, 1.82) is 0 Å². The monoisotopic (exact) mass is 262 g/mol. The summed E-state index contributed by atoms with van der Waals surface area (Å²) in [6.45, 7) is 6.09. The predicted molar refractivity (Wildman–Crippen MR) is 76.2 cm³/mol. The second-order valence-electron chi connectivity index (χ2n) is 5.65. The van der Waals surface area contributed by atoms with Gasteiger partial charge in [0.05, 0.1) is 0 Å². The van der Waals surface area contributed by atoms with E-state index in [1.54, 1.807) is 6.92 Å². The zero-order valence-electron chi connectivity index (χ0n) is 12.6. The number of unbranched alkanes of at least 4 members (excludes halogenated alkanes) is 6. The lowest BCUT2D eigenvalue weighted by Gasteiger charge is -2.23. The zero-order chi connectivity index (χ0) is 13.8. The Morgan fingerprint density at radius 3 is 1.67 bits per heavy atom. The van der Waals surface area contributed by atoms with E-state index < -0.39 is 12.3 Å². The summed E-state index contributed by atoms with van der Waals surface area (Å²) in [5.74, 6) is -0.189. The van der Waals surface area contributed by atoms with Crippen LogP contribution in [0.4, 0.5) is 8.78 Å². The third kappa shape index (κ3) is 8.88. The highest BCUT2D eigenvalue weighted by molar-refractivity contribution is 4.69. The fraction of sp³-hybridized carbons (Fsp3) is 1.00. The van der Waals surface area contributed by atoms with Gasteiger partial charge in [0, 0.05) is 5.92 Å². The first kappa shape index (κ1) is 17.9. The normalized spacial score (nSPS) is 15.0. The molecule has 1 unspecified atom stereocenters. The molecule has 0 heterocycles. The minimum absolute atomic E-state index is 0.234. The third-order valence-electron chi connectivity index (χ3n) is 4.00. The van der Waals surface area contributed by atoms with Crippen LogP contribution in [0.2, 0.25) is 0 Å². The van der Waals surface area contributed by atoms with Crippen LogP contribution in [-0.4, -0.2) is 6.43 Å². The maximum absolute atomic E-state index is 12.8.